The first-order valence-corrected chi connectivity index (χ1v) is 24.7. The van der Waals surface area contributed by atoms with Gasteiger partial charge in [-0.25, -0.2) is 0 Å². The van der Waals surface area contributed by atoms with E-state index in [1.165, 1.54) is 22.0 Å². The number of hydrogen-bond donors (Lipinski definition) is 0. The van der Waals surface area contributed by atoms with E-state index in [1.807, 2.05) is 60.7 Å². The quantitative estimate of drug-likeness (QED) is 0.123. The maximum Gasteiger partial charge on any atom is 0.143 e. The summed E-state index contributed by atoms with van der Waals surface area (Å²) in [5.74, 6) is 1.50. The van der Waals surface area contributed by atoms with E-state index < -0.39 is 8.07 Å². The van der Waals surface area contributed by atoms with E-state index in [1.54, 1.807) is 6.20 Å². The number of benzene rings is 7. The molecule has 11 rings (SSSR count). The molecule has 0 aliphatic rings. The number of imidazole rings is 1. The van der Waals surface area contributed by atoms with Crippen LogP contribution in [0.1, 0.15) is 50.7 Å². The Hall–Kier alpha value is -6.11. The zero-order chi connectivity index (χ0) is 42.0. The van der Waals surface area contributed by atoms with E-state index in [-0.39, 0.29) is 20.1 Å². The maximum atomic E-state index is 6.96. The van der Waals surface area contributed by atoms with Crippen LogP contribution < -0.4 is 5.19 Å². The molecule has 309 valence electrons. The zero-order valence-corrected chi connectivity index (χ0v) is 39.4. The van der Waals surface area contributed by atoms with Gasteiger partial charge in [-0.2, -0.15) is 0 Å². The predicted octanol–water partition coefficient (Wildman–Crippen LogP) is 14.8. The Kier molecular flexibility index (Phi) is 10.8. The third kappa shape index (κ3) is 7.08. The summed E-state index contributed by atoms with van der Waals surface area (Å²) in [6, 6.07) is 54.9. The van der Waals surface area contributed by atoms with Crippen LogP contribution in [0.5, 0.6) is 0 Å². The number of furan rings is 2. The molecule has 7 heteroatoms. The smallest absolute Gasteiger partial charge is 0.143 e. The normalized spacial score (nSPS) is 12.0. The van der Waals surface area contributed by atoms with Crippen LogP contribution in [0.2, 0.25) is 19.6 Å². The van der Waals surface area contributed by atoms with Gasteiger partial charge >= 0.3 is 0 Å². The Morgan fingerprint density at radius 2 is 1.19 bits per heavy atom. The summed E-state index contributed by atoms with van der Waals surface area (Å²) < 4.78 is 15.8. The van der Waals surface area contributed by atoms with Crippen molar-refractivity contribution in [2.24, 2.45) is 0 Å². The Bertz CT molecular complexity index is 3350. The SMILES string of the molecule is CC(C)c1cc([Si](C)(C)C)cc(C(C)C)c1-n1c(-c2[c-]ccc3c2oc2c3ccc3c2ccc2c4ccccc4oc23)nc2ccccc21.[Ir].[c-]1ccccc1-c1ccccn1. The summed E-state index contributed by atoms with van der Waals surface area (Å²) in [6.45, 7) is 16.6. The molecule has 1 radical (unpaired) electrons. The van der Waals surface area contributed by atoms with E-state index in [2.05, 4.69) is 148 Å². The molecule has 0 N–H and O–H groups in total. The molecule has 62 heavy (non-hydrogen) atoms. The van der Waals surface area contributed by atoms with E-state index >= 15 is 0 Å². The molecular formula is C55H47IrN3O2Si-2. The van der Waals surface area contributed by atoms with Crippen LogP contribution >= 0.6 is 0 Å². The van der Waals surface area contributed by atoms with Crippen LogP contribution in [0.25, 0.3) is 94.0 Å². The van der Waals surface area contributed by atoms with Gasteiger partial charge in [0.05, 0.1) is 30.5 Å². The number of para-hydroxylation sites is 3. The van der Waals surface area contributed by atoms with Crippen molar-refractivity contribution in [2.75, 3.05) is 0 Å². The molecule has 0 aliphatic carbocycles. The minimum absolute atomic E-state index is 0. The summed E-state index contributed by atoms with van der Waals surface area (Å²) in [6.07, 6.45) is 1.79. The van der Waals surface area contributed by atoms with Crippen molar-refractivity contribution < 1.29 is 28.9 Å². The number of fused-ring (bicyclic) bond motifs is 10. The third-order valence-corrected chi connectivity index (χ3v) is 13.9. The summed E-state index contributed by atoms with van der Waals surface area (Å²) in [5, 5.41) is 7.93. The van der Waals surface area contributed by atoms with Crippen LogP contribution in [0.3, 0.4) is 0 Å². The minimum Gasteiger partial charge on any atom is -0.500 e. The van der Waals surface area contributed by atoms with Gasteiger partial charge in [-0.15, -0.1) is 54.1 Å². The fraction of sp³-hybridized carbons (Fsp3) is 0.164. The van der Waals surface area contributed by atoms with Crippen molar-refractivity contribution in [3.05, 3.63) is 169 Å². The summed E-state index contributed by atoms with van der Waals surface area (Å²) >= 11 is 0. The summed E-state index contributed by atoms with van der Waals surface area (Å²) in [5.41, 5.74) is 12.3. The van der Waals surface area contributed by atoms with Crippen molar-refractivity contribution in [1.29, 1.82) is 0 Å². The molecule has 0 saturated carbocycles. The van der Waals surface area contributed by atoms with Crippen LogP contribution in [0, 0.1) is 12.1 Å². The molecule has 4 heterocycles. The monoisotopic (exact) mass is 1000 g/mol. The average molecular weight is 1000 g/mol. The van der Waals surface area contributed by atoms with Crippen molar-refractivity contribution in [2.45, 2.75) is 59.2 Å². The number of aromatic nitrogens is 3. The van der Waals surface area contributed by atoms with E-state index in [0.717, 1.165) is 88.3 Å². The fourth-order valence-corrected chi connectivity index (χ4v) is 9.88. The number of nitrogens with zero attached hydrogens (tertiary/aromatic N) is 3. The molecule has 7 aromatic carbocycles. The minimum atomic E-state index is -1.58. The summed E-state index contributed by atoms with van der Waals surface area (Å²) in [4.78, 5) is 9.56. The van der Waals surface area contributed by atoms with Gasteiger partial charge in [0.2, 0.25) is 0 Å². The van der Waals surface area contributed by atoms with Crippen molar-refractivity contribution in [1.82, 2.24) is 14.5 Å². The first-order valence-electron chi connectivity index (χ1n) is 21.2. The second-order valence-corrected chi connectivity index (χ2v) is 22.7. The first-order chi connectivity index (χ1) is 29.6. The summed E-state index contributed by atoms with van der Waals surface area (Å²) in [7, 11) is -1.58. The molecule has 0 saturated heterocycles. The fourth-order valence-electron chi connectivity index (χ4n) is 8.70. The molecule has 0 atom stereocenters. The predicted molar refractivity (Wildman–Crippen MR) is 257 cm³/mol. The van der Waals surface area contributed by atoms with Gasteiger partial charge in [-0.1, -0.05) is 124 Å². The number of rotatable bonds is 6. The zero-order valence-electron chi connectivity index (χ0n) is 36.0. The van der Waals surface area contributed by atoms with Crippen LogP contribution in [0.15, 0.2) is 155 Å². The largest absolute Gasteiger partial charge is 0.500 e. The topological polar surface area (TPSA) is 57.0 Å². The molecular weight excluding hydrogens is 955 g/mol. The van der Waals surface area contributed by atoms with E-state index in [0.29, 0.717) is 11.8 Å². The van der Waals surface area contributed by atoms with Gasteiger partial charge in [0.25, 0.3) is 0 Å². The Balaban J connectivity index is 0.000000325. The molecule has 0 unspecified atom stereocenters. The van der Waals surface area contributed by atoms with Gasteiger partial charge < -0.3 is 18.4 Å². The Morgan fingerprint density at radius 3 is 1.84 bits per heavy atom. The third-order valence-electron chi connectivity index (χ3n) is 11.9. The van der Waals surface area contributed by atoms with Crippen LogP contribution in [0.4, 0.5) is 0 Å². The standard InChI is InChI=1S/C44H39N2O2Si.C11H8N.Ir/c1-25(2)35-23-27(49(5,6)7)24-36(26(3)4)40(35)46-38-17-10-9-16-37(38)45-44(46)34-15-12-14-29-31-21-22-32-33(42(31)48-43(29)34)20-19-30-28-13-8-11-18-39(28)47-41(30)32;1-2-6-10(7-3-1)11-8-4-5-9-12-11;/h8-14,16-26H,1-7H3;1-6,8-9H;/q2*-1;. The number of hydrogen-bond acceptors (Lipinski definition) is 4. The van der Waals surface area contributed by atoms with Crippen LogP contribution in [-0.2, 0) is 20.1 Å². The van der Waals surface area contributed by atoms with E-state index in [4.69, 9.17) is 13.8 Å². The molecule has 0 spiro atoms. The molecule has 11 aromatic rings. The molecule has 0 amide bonds. The maximum absolute atomic E-state index is 6.96. The Labute approximate surface area is 376 Å². The van der Waals surface area contributed by atoms with E-state index in [9.17, 15) is 0 Å². The molecule has 0 aliphatic heterocycles. The molecule has 0 fully saturated rings. The van der Waals surface area contributed by atoms with Gasteiger partial charge in [-0.3, -0.25) is 4.98 Å². The van der Waals surface area contributed by atoms with Gasteiger partial charge in [0, 0.05) is 58.9 Å². The molecule has 4 aromatic heterocycles. The van der Waals surface area contributed by atoms with Crippen molar-refractivity contribution in [3.8, 4) is 28.3 Å². The molecule has 0 bridgehead atoms. The molecule has 5 nitrogen and oxygen atoms in total. The average Bonchev–Trinajstić information content (AvgIpc) is 3.98. The van der Waals surface area contributed by atoms with Crippen LogP contribution in [-0.4, -0.2) is 22.6 Å². The van der Waals surface area contributed by atoms with Gasteiger partial charge in [0.1, 0.15) is 16.7 Å². The van der Waals surface area contributed by atoms with Crippen molar-refractivity contribution in [3.63, 3.8) is 0 Å². The number of pyridine rings is 1. The van der Waals surface area contributed by atoms with Crippen molar-refractivity contribution >= 4 is 78.9 Å². The Morgan fingerprint density at radius 1 is 0.581 bits per heavy atom. The first kappa shape index (κ1) is 41.2. The van der Waals surface area contributed by atoms with Gasteiger partial charge in [-0.05, 0) is 71.1 Å². The second-order valence-electron chi connectivity index (χ2n) is 17.6. The van der Waals surface area contributed by atoms with Gasteiger partial charge in [0.15, 0.2) is 0 Å². The second kappa shape index (κ2) is 16.3.